The third-order valence-corrected chi connectivity index (χ3v) is 0.892. The summed E-state index contributed by atoms with van der Waals surface area (Å²) in [6.07, 6.45) is 4.43. The molecule has 0 aliphatic carbocycles. The quantitative estimate of drug-likeness (QED) is 0.347. The first-order valence-corrected chi connectivity index (χ1v) is 2.28. The first-order chi connectivity index (χ1) is 4.24. The van der Waals surface area contributed by atoms with E-state index in [9.17, 15) is 9.18 Å². The van der Waals surface area contributed by atoms with Crippen molar-refractivity contribution in [3.8, 4) is 12.3 Å². The van der Waals surface area contributed by atoms with Crippen LogP contribution in [-0.2, 0) is 9.53 Å². The molecule has 0 radical (unpaired) electrons. The van der Waals surface area contributed by atoms with Crippen molar-refractivity contribution in [2.45, 2.75) is 6.10 Å². The van der Waals surface area contributed by atoms with E-state index in [0.29, 0.717) is 0 Å². The maximum absolute atomic E-state index is 12.2. The lowest BCUT2D eigenvalue weighted by molar-refractivity contribution is -0.137. The number of cyclic esters (lactones) is 1. The summed E-state index contributed by atoms with van der Waals surface area (Å²) >= 11 is 0. The highest BCUT2D eigenvalue weighted by Gasteiger charge is 2.23. The maximum atomic E-state index is 12.2. The third kappa shape index (κ3) is 0.918. The van der Waals surface area contributed by atoms with E-state index in [1.165, 1.54) is 0 Å². The lowest BCUT2D eigenvalue weighted by atomic mass is 10.3. The summed E-state index contributed by atoms with van der Waals surface area (Å²) in [6, 6.07) is 0. The molecule has 1 heterocycles. The molecule has 0 aromatic heterocycles. The van der Waals surface area contributed by atoms with Crippen molar-refractivity contribution in [1.82, 2.24) is 0 Å². The molecule has 0 fully saturated rings. The van der Waals surface area contributed by atoms with Crippen LogP contribution in [0.25, 0.3) is 0 Å². The van der Waals surface area contributed by atoms with E-state index in [4.69, 9.17) is 6.42 Å². The fourth-order valence-corrected chi connectivity index (χ4v) is 0.508. The van der Waals surface area contributed by atoms with Gasteiger partial charge in [0.15, 0.2) is 5.83 Å². The summed E-state index contributed by atoms with van der Waals surface area (Å²) in [5, 5.41) is 0. The Morgan fingerprint density at radius 1 is 1.89 bits per heavy atom. The second-order valence-electron chi connectivity index (χ2n) is 1.51. The number of esters is 1. The van der Waals surface area contributed by atoms with Crippen LogP contribution in [0, 0.1) is 12.3 Å². The van der Waals surface area contributed by atoms with E-state index >= 15 is 0 Å². The topological polar surface area (TPSA) is 26.3 Å². The summed E-state index contributed by atoms with van der Waals surface area (Å²) < 4.78 is 16.5. The van der Waals surface area contributed by atoms with Crippen molar-refractivity contribution >= 4 is 5.97 Å². The Bertz CT molecular complexity index is 212. The third-order valence-electron chi connectivity index (χ3n) is 0.892. The minimum absolute atomic E-state index is 0.692. The van der Waals surface area contributed by atoms with Gasteiger partial charge in [-0.05, 0) is 0 Å². The molecule has 0 saturated carbocycles. The lowest BCUT2D eigenvalue weighted by Crippen LogP contribution is -2.05. The molecule has 1 rings (SSSR count). The molecular formula is C6H3FO2. The Morgan fingerprint density at radius 2 is 2.56 bits per heavy atom. The van der Waals surface area contributed by atoms with Crippen molar-refractivity contribution < 1.29 is 13.9 Å². The SMILES string of the molecule is C#CC1OC(=O)C=C1F. The monoisotopic (exact) mass is 126 g/mol. The summed E-state index contributed by atoms with van der Waals surface area (Å²) in [4.78, 5) is 10.2. The standard InChI is InChI=1S/C6H3FO2/c1-2-5-4(7)3-6(8)9-5/h1,3,5H. The molecule has 1 atom stereocenters. The van der Waals surface area contributed by atoms with Crippen molar-refractivity contribution in [2.75, 3.05) is 0 Å². The minimum Gasteiger partial charge on any atom is -0.438 e. The van der Waals surface area contributed by atoms with Crippen LogP contribution in [0.5, 0.6) is 0 Å². The van der Waals surface area contributed by atoms with Gasteiger partial charge in [-0.15, -0.1) is 6.42 Å². The molecule has 1 unspecified atom stereocenters. The van der Waals surface area contributed by atoms with Crippen LogP contribution in [0.15, 0.2) is 11.9 Å². The van der Waals surface area contributed by atoms with Crippen LogP contribution in [-0.4, -0.2) is 12.1 Å². The summed E-state index contributed by atoms with van der Waals surface area (Å²) in [5.74, 6) is 0.553. The summed E-state index contributed by atoms with van der Waals surface area (Å²) in [7, 11) is 0. The molecule has 0 N–H and O–H groups in total. The Labute approximate surface area is 51.3 Å². The van der Waals surface area contributed by atoms with Gasteiger partial charge < -0.3 is 4.74 Å². The number of carbonyl (C=O) groups is 1. The van der Waals surface area contributed by atoms with Gasteiger partial charge in [-0.1, -0.05) is 5.92 Å². The average Bonchev–Trinajstić information content (AvgIpc) is 2.10. The number of carbonyl (C=O) groups excluding carboxylic acids is 1. The van der Waals surface area contributed by atoms with E-state index in [1.807, 2.05) is 5.92 Å². The highest BCUT2D eigenvalue weighted by atomic mass is 19.1. The van der Waals surface area contributed by atoms with Crippen LogP contribution in [0.1, 0.15) is 0 Å². The number of rotatable bonds is 0. The van der Waals surface area contributed by atoms with Crippen molar-refractivity contribution in [2.24, 2.45) is 0 Å². The van der Waals surface area contributed by atoms with Crippen LogP contribution in [0.2, 0.25) is 0 Å². The van der Waals surface area contributed by atoms with E-state index in [-0.39, 0.29) is 0 Å². The smallest absolute Gasteiger partial charge is 0.335 e. The van der Waals surface area contributed by atoms with Crippen LogP contribution in [0.3, 0.4) is 0 Å². The van der Waals surface area contributed by atoms with Gasteiger partial charge in [-0.25, -0.2) is 9.18 Å². The first-order valence-electron chi connectivity index (χ1n) is 2.28. The number of terminal acetylenes is 1. The van der Waals surface area contributed by atoms with Crippen LogP contribution < -0.4 is 0 Å². The zero-order chi connectivity index (χ0) is 6.85. The van der Waals surface area contributed by atoms with E-state index in [0.717, 1.165) is 6.08 Å². The van der Waals surface area contributed by atoms with Gasteiger partial charge in [0.1, 0.15) is 0 Å². The van der Waals surface area contributed by atoms with Crippen LogP contribution in [0.4, 0.5) is 4.39 Å². The number of hydrogen-bond donors (Lipinski definition) is 0. The van der Waals surface area contributed by atoms with Crippen molar-refractivity contribution in [3.63, 3.8) is 0 Å². The lowest BCUT2D eigenvalue weighted by Gasteiger charge is -1.97. The van der Waals surface area contributed by atoms with Crippen molar-refractivity contribution in [1.29, 1.82) is 0 Å². The molecule has 2 nitrogen and oxygen atoms in total. The van der Waals surface area contributed by atoms with E-state index < -0.39 is 17.9 Å². The Hall–Kier alpha value is -1.30. The predicted octanol–water partition coefficient (Wildman–Crippen LogP) is 0.398. The van der Waals surface area contributed by atoms with E-state index in [1.54, 1.807) is 0 Å². The largest absolute Gasteiger partial charge is 0.438 e. The second kappa shape index (κ2) is 1.90. The minimum atomic E-state index is -1.09. The highest BCUT2D eigenvalue weighted by Crippen LogP contribution is 2.14. The van der Waals surface area contributed by atoms with Gasteiger partial charge >= 0.3 is 5.97 Å². The normalized spacial score (nSPS) is 24.7. The Kier molecular flexibility index (Phi) is 1.23. The number of hydrogen-bond acceptors (Lipinski definition) is 2. The second-order valence-corrected chi connectivity index (χ2v) is 1.51. The summed E-state index contributed by atoms with van der Waals surface area (Å²) in [6.45, 7) is 0. The molecule has 0 spiro atoms. The highest BCUT2D eigenvalue weighted by molar-refractivity contribution is 5.85. The average molecular weight is 126 g/mol. The van der Waals surface area contributed by atoms with Crippen molar-refractivity contribution in [3.05, 3.63) is 11.9 Å². The molecule has 0 saturated heterocycles. The fraction of sp³-hybridized carbons (Fsp3) is 0.167. The zero-order valence-electron chi connectivity index (χ0n) is 4.43. The van der Waals surface area contributed by atoms with Gasteiger partial charge in [0.25, 0.3) is 0 Å². The maximum Gasteiger partial charge on any atom is 0.335 e. The van der Waals surface area contributed by atoms with Gasteiger partial charge in [0, 0.05) is 0 Å². The Balaban J connectivity index is 2.79. The fourth-order valence-electron chi connectivity index (χ4n) is 0.508. The molecule has 1 aliphatic heterocycles. The van der Waals surface area contributed by atoms with Crippen LogP contribution >= 0.6 is 0 Å². The molecule has 0 aromatic carbocycles. The number of halogens is 1. The molecule has 9 heavy (non-hydrogen) atoms. The molecule has 1 aliphatic rings. The van der Waals surface area contributed by atoms with E-state index in [2.05, 4.69) is 4.74 Å². The Morgan fingerprint density at radius 3 is 2.78 bits per heavy atom. The number of ether oxygens (including phenoxy) is 1. The molecule has 3 heteroatoms. The van der Waals surface area contributed by atoms with Gasteiger partial charge in [0.2, 0.25) is 6.10 Å². The molecular weight excluding hydrogens is 123 g/mol. The van der Waals surface area contributed by atoms with Gasteiger partial charge in [-0.3, -0.25) is 0 Å². The zero-order valence-corrected chi connectivity index (χ0v) is 4.43. The molecule has 0 amide bonds. The first kappa shape index (κ1) is 5.83. The molecule has 0 aromatic rings. The predicted molar refractivity (Wildman–Crippen MR) is 27.9 cm³/mol. The molecule has 0 bridgehead atoms. The van der Waals surface area contributed by atoms with Gasteiger partial charge in [-0.2, -0.15) is 0 Å². The van der Waals surface area contributed by atoms with Gasteiger partial charge in [0.05, 0.1) is 6.08 Å². The summed E-state index contributed by atoms with van der Waals surface area (Å²) in [5.41, 5.74) is 0. The molecule has 46 valence electrons.